The summed E-state index contributed by atoms with van der Waals surface area (Å²) in [6.45, 7) is 2.04. The summed E-state index contributed by atoms with van der Waals surface area (Å²) >= 11 is 0. The van der Waals surface area contributed by atoms with Crippen molar-refractivity contribution in [2.45, 2.75) is 25.0 Å². The van der Waals surface area contributed by atoms with Crippen molar-refractivity contribution in [2.75, 3.05) is 24.6 Å². The molecule has 1 aliphatic heterocycles. The Morgan fingerprint density at radius 2 is 2.17 bits per heavy atom. The summed E-state index contributed by atoms with van der Waals surface area (Å²) in [6.07, 6.45) is 7.16. The van der Waals surface area contributed by atoms with Gasteiger partial charge in [-0.2, -0.15) is 0 Å². The molecule has 1 amide bonds. The number of ether oxygens (including phenoxy) is 1. The van der Waals surface area contributed by atoms with E-state index in [-0.39, 0.29) is 18.1 Å². The Kier molecular flexibility index (Phi) is 4.17. The van der Waals surface area contributed by atoms with Gasteiger partial charge in [0.1, 0.15) is 0 Å². The van der Waals surface area contributed by atoms with Crippen LogP contribution in [0.3, 0.4) is 0 Å². The zero-order valence-electron chi connectivity index (χ0n) is 13.3. The molecule has 0 aromatic carbocycles. The third kappa shape index (κ3) is 2.87. The number of hydrogen-bond donors (Lipinski definition) is 1. The summed E-state index contributed by atoms with van der Waals surface area (Å²) in [7, 11) is 0. The number of furan rings is 1. The van der Waals surface area contributed by atoms with E-state index in [0.717, 1.165) is 25.3 Å². The van der Waals surface area contributed by atoms with Crippen LogP contribution >= 0.6 is 0 Å². The molecule has 1 N–H and O–H groups in total. The van der Waals surface area contributed by atoms with Crippen LogP contribution in [0.1, 0.15) is 23.4 Å². The van der Waals surface area contributed by atoms with Gasteiger partial charge in [0.05, 0.1) is 25.0 Å². The van der Waals surface area contributed by atoms with Gasteiger partial charge in [0, 0.05) is 31.4 Å². The second-order valence-corrected chi connectivity index (χ2v) is 6.17. The van der Waals surface area contributed by atoms with Gasteiger partial charge in [-0.3, -0.25) is 4.79 Å². The van der Waals surface area contributed by atoms with Gasteiger partial charge in [-0.25, -0.2) is 9.97 Å². The molecular formula is C17H20N4O3. The topological polar surface area (TPSA) is 80.5 Å². The van der Waals surface area contributed by atoms with E-state index in [4.69, 9.17) is 9.15 Å². The Bertz CT molecular complexity index is 676. The number of rotatable bonds is 4. The Morgan fingerprint density at radius 3 is 2.96 bits per heavy atom. The lowest BCUT2D eigenvalue weighted by Crippen LogP contribution is -2.52. The summed E-state index contributed by atoms with van der Waals surface area (Å²) in [6, 6.07) is 5.47. The fraction of sp³-hybridized carbons (Fsp3) is 0.471. The highest BCUT2D eigenvalue weighted by Gasteiger charge is 2.43. The monoisotopic (exact) mass is 328 g/mol. The van der Waals surface area contributed by atoms with Crippen LogP contribution < -0.4 is 10.2 Å². The highest BCUT2D eigenvalue weighted by atomic mass is 16.5. The first-order valence-electron chi connectivity index (χ1n) is 8.30. The van der Waals surface area contributed by atoms with Crippen LogP contribution in [0.2, 0.25) is 0 Å². The van der Waals surface area contributed by atoms with E-state index < -0.39 is 0 Å². The number of fused-ring (bicyclic) bond motifs is 1. The smallest absolute Gasteiger partial charge is 0.286 e. The predicted molar refractivity (Wildman–Crippen MR) is 86.7 cm³/mol. The third-order valence-corrected chi connectivity index (χ3v) is 4.80. The van der Waals surface area contributed by atoms with Gasteiger partial charge in [0.25, 0.3) is 5.91 Å². The van der Waals surface area contributed by atoms with E-state index in [9.17, 15) is 4.79 Å². The zero-order chi connectivity index (χ0) is 16.4. The number of nitrogens with zero attached hydrogens (tertiary/aromatic N) is 3. The van der Waals surface area contributed by atoms with E-state index in [0.29, 0.717) is 24.8 Å². The number of amides is 1. The first-order valence-corrected chi connectivity index (χ1v) is 8.30. The van der Waals surface area contributed by atoms with E-state index >= 15 is 0 Å². The number of anilines is 1. The van der Waals surface area contributed by atoms with E-state index in [2.05, 4.69) is 20.2 Å². The van der Waals surface area contributed by atoms with E-state index in [1.54, 1.807) is 24.5 Å². The fourth-order valence-electron chi connectivity index (χ4n) is 3.69. The maximum atomic E-state index is 12.0. The standard InChI is InChI=1S/C17H20N4O3/c22-16(14-3-1-9-23-14)20-11-12-4-5-13-15(12)24-10-8-21(13)17-18-6-2-7-19-17/h1-3,6-7,9,12-13,15H,4-5,8,10-11H2,(H,20,22). The maximum absolute atomic E-state index is 12.0. The summed E-state index contributed by atoms with van der Waals surface area (Å²) < 4.78 is 11.1. The minimum absolute atomic E-state index is 0.0967. The Labute approximate surface area is 140 Å². The SMILES string of the molecule is O=C(NCC1CCC2C1OCCN2c1ncccn1)c1ccco1. The Hall–Kier alpha value is -2.41. The molecule has 0 radical (unpaired) electrons. The molecule has 2 aliphatic rings. The second kappa shape index (κ2) is 6.60. The molecule has 24 heavy (non-hydrogen) atoms. The normalized spacial score (nSPS) is 26.2. The zero-order valence-corrected chi connectivity index (χ0v) is 13.3. The number of hydrogen-bond acceptors (Lipinski definition) is 6. The average Bonchev–Trinajstić information content (AvgIpc) is 3.30. The van der Waals surface area contributed by atoms with Crippen LogP contribution in [0.5, 0.6) is 0 Å². The molecule has 1 saturated heterocycles. The van der Waals surface area contributed by atoms with Crippen molar-refractivity contribution in [3.05, 3.63) is 42.6 Å². The average molecular weight is 328 g/mol. The highest BCUT2D eigenvalue weighted by Crippen LogP contribution is 2.35. The molecule has 3 heterocycles. The summed E-state index contributed by atoms with van der Waals surface area (Å²) in [5.41, 5.74) is 0. The molecule has 2 aromatic rings. The molecule has 0 bridgehead atoms. The van der Waals surface area contributed by atoms with Gasteiger partial charge in [-0.05, 0) is 31.0 Å². The highest BCUT2D eigenvalue weighted by molar-refractivity contribution is 5.91. The quantitative estimate of drug-likeness (QED) is 0.916. The van der Waals surface area contributed by atoms with Crippen LogP contribution in [-0.2, 0) is 4.74 Å². The lowest BCUT2D eigenvalue weighted by atomic mass is 10.0. The van der Waals surface area contributed by atoms with Crippen LogP contribution in [-0.4, -0.2) is 47.7 Å². The lowest BCUT2D eigenvalue weighted by molar-refractivity contribution is -0.00175. The lowest BCUT2D eigenvalue weighted by Gasteiger charge is -2.39. The van der Waals surface area contributed by atoms with Gasteiger partial charge in [0.15, 0.2) is 5.76 Å². The molecule has 2 aromatic heterocycles. The number of morpholine rings is 1. The van der Waals surface area contributed by atoms with Gasteiger partial charge in [-0.15, -0.1) is 0 Å². The van der Waals surface area contributed by atoms with Gasteiger partial charge < -0.3 is 19.4 Å². The third-order valence-electron chi connectivity index (χ3n) is 4.80. The maximum Gasteiger partial charge on any atom is 0.286 e. The van der Waals surface area contributed by atoms with Crippen molar-refractivity contribution in [1.29, 1.82) is 0 Å². The number of nitrogens with one attached hydrogen (secondary N) is 1. The molecule has 2 fully saturated rings. The molecule has 7 heteroatoms. The number of carbonyl (C=O) groups is 1. The van der Waals surface area contributed by atoms with Crippen molar-refractivity contribution >= 4 is 11.9 Å². The van der Waals surface area contributed by atoms with Crippen LogP contribution in [0.4, 0.5) is 5.95 Å². The molecule has 1 aliphatic carbocycles. The molecule has 126 valence electrons. The molecular weight excluding hydrogens is 308 g/mol. The Balaban J connectivity index is 1.40. The van der Waals surface area contributed by atoms with Crippen molar-refractivity contribution < 1.29 is 13.9 Å². The number of carbonyl (C=O) groups excluding carboxylic acids is 1. The summed E-state index contributed by atoms with van der Waals surface area (Å²) in [5.74, 6) is 1.22. The van der Waals surface area contributed by atoms with Crippen molar-refractivity contribution in [1.82, 2.24) is 15.3 Å². The summed E-state index contributed by atoms with van der Waals surface area (Å²) in [5, 5.41) is 2.95. The van der Waals surface area contributed by atoms with Gasteiger partial charge in [-0.1, -0.05) is 0 Å². The van der Waals surface area contributed by atoms with Crippen molar-refractivity contribution in [3.8, 4) is 0 Å². The largest absolute Gasteiger partial charge is 0.459 e. The van der Waals surface area contributed by atoms with E-state index in [1.807, 2.05) is 6.07 Å². The minimum Gasteiger partial charge on any atom is -0.459 e. The molecule has 0 spiro atoms. The number of aromatic nitrogens is 2. The molecule has 3 unspecified atom stereocenters. The Morgan fingerprint density at radius 1 is 1.29 bits per heavy atom. The van der Waals surface area contributed by atoms with Crippen molar-refractivity contribution in [3.63, 3.8) is 0 Å². The first kappa shape index (κ1) is 15.1. The molecule has 3 atom stereocenters. The van der Waals surface area contributed by atoms with Crippen LogP contribution in [0.25, 0.3) is 0 Å². The summed E-state index contributed by atoms with van der Waals surface area (Å²) in [4.78, 5) is 23.0. The van der Waals surface area contributed by atoms with Crippen LogP contribution in [0, 0.1) is 5.92 Å². The van der Waals surface area contributed by atoms with Crippen LogP contribution in [0.15, 0.2) is 41.3 Å². The second-order valence-electron chi connectivity index (χ2n) is 6.17. The predicted octanol–water partition coefficient (Wildman–Crippen LogP) is 1.48. The molecule has 7 nitrogen and oxygen atoms in total. The minimum atomic E-state index is -0.178. The first-order chi connectivity index (χ1) is 11.8. The fourth-order valence-corrected chi connectivity index (χ4v) is 3.69. The molecule has 4 rings (SSSR count). The molecule has 1 saturated carbocycles. The van der Waals surface area contributed by atoms with Gasteiger partial charge >= 0.3 is 0 Å². The van der Waals surface area contributed by atoms with Gasteiger partial charge in [0.2, 0.25) is 5.95 Å². The van der Waals surface area contributed by atoms with Crippen molar-refractivity contribution in [2.24, 2.45) is 5.92 Å². The van der Waals surface area contributed by atoms with E-state index in [1.165, 1.54) is 6.26 Å².